The summed E-state index contributed by atoms with van der Waals surface area (Å²) >= 11 is 0. The minimum absolute atomic E-state index is 0.0218. The Labute approximate surface area is 129 Å². The minimum Gasteiger partial charge on any atom is -0.480 e. The summed E-state index contributed by atoms with van der Waals surface area (Å²) < 4.78 is 23.4. The lowest BCUT2D eigenvalue weighted by atomic mass is 9.76. The molecule has 1 fully saturated rings. The van der Waals surface area contributed by atoms with E-state index in [4.69, 9.17) is 0 Å². The summed E-state index contributed by atoms with van der Waals surface area (Å²) in [6.45, 7) is 1.57. The lowest BCUT2D eigenvalue weighted by Gasteiger charge is -2.38. The fourth-order valence-electron chi connectivity index (χ4n) is 2.40. The van der Waals surface area contributed by atoms with Crippen LogP contribution in [-0.4, -0.2) is 36.7 Å². The highest BCUT2D eigenvalue weighted by atomic mass is 32.2. The van der Waals surface area contributed by atoms with Crippen molar-refractivity contribution in [2.75, 3.05) is 5.75 Å². The van der Waals surface area contributed by atoms with Gasteiger partial charge in [0.2, 0.25) is 5.91 Å². The van der Waals surface area contributed by atoms with Crippen LogP contribution < -0.4 is 5.32 Å². The maximum absolute atomic E-state index is 12.0. The molecule has 0 bridgehead atoms. The van der Waals surface area contributed by atoms with Crippen molar-refractivity contribution in [3.63, 3.8) is 0 Å². The quantitative estimate of drug-likeness (QED) is 0.817. The Morgan fingerprint density at radius 3 is 2.23 bits per heavy atom. The number of carboxylic acids is 1. The molecule has 0 aliphatic heterocycles. The zero-order valence-electron chi connectivity index (χ0n) is 12.3. The Morgan fingerprint density at radius 1 is 1.23 bits per heavy atom. The van der Waals surface area contributed by atoms with E-state index in [-0.39, 0.29) is 23.0 Å². The maximum atomic E-state index is 12.0. The zero-order valence-corrected chi connectivity index (χ0v) is 13.1. The highest BCUT2D eigenvalue weighted by molar-refractivity contribution is 7.91. The summed E-state index contributed by atoms with van der Waals surface area (Å²) in [5, 5.41) is 11.7. The smallest absolute Gasteiger partial charge is 0.329 e. The highest BCUT2D eigenvalue weighted by Gasteiger charge is 2.45. The molecule has 0 spiro atoms. The largest absolute Gasteiger partial charge is 0.480 e. The van der Waals surface area contributed by atoms with E-state index in [9.17, 15) is 23.1 Å². The second kappa shape index (κ2) is 6.08. The van der Waals surface area contributed by atoms with Gasteiger partial charge >= 0.3 is 5.97 Å². The molecule has 120 valence electrons. The van der Waals surface area contributed by atoms with E-state index in [0.717, 1.165) is 6.42 Å². The first-order valence-corrected chi connectivity index (χ1v) is 8.80. The van der Waals surface area contributed by atoms with Gasteiger partial charge in [-0.15, -0.1) is 0 Å². The van der Waals surface area contributed by atoms with Crippen LogP contribution in [0.15, 0.2) is 29.2 Å². The normalized spacial score (nSPS) is 16.6. The molecule has 0 saturated heterocycles. The van der Waals surface area contributed by atoms with Crippen molar-refractivity contribution < 1.29 is 23.1 Å². The van der Waals surface area contributed by atoms with Crippen LogP contribution in [0.5, 0.6) is 0 Å². The second-order valence-electron chi connectivity index (χ2n) is 5.51. The van der Waals surface area contributed by atoms with Crippen molar-refractivity contribution in [2.24, 2.45) is 0 Å². The summed E-state index contributed by atoms with van der Waals surface area (Å²) in [7, 11) is -3.26. The number of carbonyl (C=O) groups excluding carboxylic acids is 1. The highest BCUT2D eigenvalue weighted by Crippen LogP contribution is 2.32. The Kier molecular flexibility index (Phi) is 4.55. The topological polar surface area (TPSA) is 101 Å². The molecule has 0 unspecified atom stereocenters. The van der Waals surface area contributed by atoms with E-state index in [0.29, 0.717) is 18.4 Å². The Morgan fingerprint density at radius 2 is 1.82 bits per heavy atom. The molecule has 7 heteroatoms. The van der Waals surface area contributed by atoms with Crippen molar-refractivity contribution in [3.05, 3.63) is 29.8 Å². The molecule has 1 aliphatic carbocycles. The van der Waals surface area contributed by atoms with E-state index >= 15 is 0 Å². The van der Waals surface area contributed by atoms with Gasteiger partial charge in [-0.25, -0.2) is 13.2 Å². The van der Waals surface area contributed by atoms with Gasteiger partial charge < -0.3 is 10.4 Å². The predicted octanol–water partition coefficient (Wildman–Crippen LogP) is 1.15. The summed E-state index contributed by atoms with van der Waals surface area (Å²) in [6.07, 6.45) is 1.71. The number of rotatable bonds is 6. The number of nitrogens with one attached hydrogen (secondary N) is 1. The van der Waals surface area contributed by atoms with Crippen LogP contribution >= 0.6 is 0 Å². The molecule has 0 heterocycles. The van der Waals surface area contributed by atoms with E-state index < -0.39 is 21.3 Å². The first kappa shape index (κ1) is 16.5. The first-order valence-electron chi connectivity index (χ1n) is 7.15. The third kappa shape index (κ3) is 3.30. The van der Waals surface area contributed by atoms with Crippen LogP contribution in [-0.2, 0) is 25.8 Å². The van der Waals surface area contributed by atoms with Crippen LogP contribution in [0.3, 0.4) is 0 Å². The van der Waals surface area contributed by atoms with Crippen LogP contribution in [0, 0.1) is 0 Å². The van der Waals surface area contributed by atoms with Crippen LogP contribution in [0.2, 0.25) is 0 Å². The molecule has 6 nitrogen and oxygen atoms in total. The Balaban J connectivity index is 2.02. The van der Waals surface area contributed by atoms with Crippen LogP contribution in [0.4, 0.5) is 0 Å². The fraction of sp³-hybridized carbons (Fsp3) is 0.467. The molecule has 1 amide bonds. The van der Waals surface area contributed by atoms with E-state index in [1.54, 1.807) is 19.1 Å². The molecule has 1 aromatic carbocycles. The number of carboxylic acid groups (broad SMARTS) is 1. The van der Waals surface area contributed by atoms with E-state index in [1.165, 1.54) is 12.1 Å². The number of aliphatic carboxylic acids is 1. The predicted molar refractivity (Wildman–Crippen MR) is 80.2 cm³/mol. The van der Waals surface area contributed by atoms with Crippen molar-refractivity contribution in [1.29, 1.82) is 0 Å². The molecule has 0 atom stereocenters. The Bertz CT molecular complexity index is 674. The third-order valence-corrected chi connectivity index (χ3v) is 5.77. The molecule has 0 aromatic heterocycles. The van der Waals surface area contributed by atoms with Gasteiger partial charge in [0.15, 0.2) is 9.84 Å². The molecular weight excluding hydrogens is 306 g/mol. The Hall–Kier alpha value is -1.89. The number of carbonyl (C=O) groups is 2. The summed E-state index contributed by atoms with van der Waals surface area (Å²) in [6, 6.07) is 6.10. The first-order chi connectivity index (χ1) is 10.3. The number of sulfone groups is 1. The molecule has 2 rings (SSSR count). The molecule has 22 heavy (non-hydrogen) atoms. The molecule has 1 aromatic rings. The van der Waals surface area contributed by atoms with Gasteiger partial charge in [-0.05, 0) is 37.0 Å². The monoisotopic (exact) mass is 325 g/mol. The molecular formula is C15H19NO5S. The second-order valence-corrected chi connectivity index (χ2v) is 7.79. The molecule has 0 radical (unpaired) electrons. The van der Waals surface area contributed by atoms with Crippen LogP contribution in [0.1, 0.15) is 31.7 Å². The number of amides is 1. The SMILES string of the molecule is CCS(=O)(=O)c1ccc(CC(=O)NC2(C(=O)O)CCC2)cc1. The fourth-order valence-corrected chi connectivity index (χ4v) is 3.28. The molecule has 2 N–H and O–H groups in total. The van der Waals surface area contributed by atoms with E-state index in [1.807, 2.05) is 0 Å². The minimum atomic E-state index is -3.26. The maximum Gasteiger partial charge on any atom is 0.329 e. The number of benzene rings is 1. The van der Waals surface area contributed by atoms with Gasteiger partial charge in [0.1, 0.15) is 5.54 Å². The average molecular weight is 325 g/mol. The van der Waals surface area contributed by atoms with E-state index in [2.05, 4.69) is 5.32 Å². The molecule has 1 saturated carbocycles. The van der Waals surface area contributed by atoms with Gasteiger partial charge in [0.25, 0.3) is 0 Å². The lowest BCUT2D eigenvalue weighted by Crippen LogP contribution is -2.59. The van der Waals surface area contributed by atoms with Gasteiger partial charge in [-0.2, -0.15) is 0 Å². The summed E-state index contributed by atoms with van der Waals surface area (Å²) in [5.74, 6) is -1.35. The standard InChI is InChI=1S/C15H19NO5S/c1-2-22(20,21)12-6-4-11(5-7-12)10-13(17)16-15(14(18)19)8-3-9-15/h4-7H,2-3,8-10H2,1H3,(H,16,17)(H,18,19). The van der Waals surface area contributed by atoms with Crippen molar-refractivity contribution in [3.8, 4) is 0 Å². The van der Waals surface area contributed by atoms with Gasteiger partial charge in [-0.1, -0.05) is 19.1 Å². The van der Waals surface area contributed by atoms with Crippen molar-refractivity contribution >= 4 is 21.7 Å². The summed E-state index contributed by atoms with van der Waals surface area (Å²) in [5.41, 5.74) is -0.477. The van der Waals surface area contributed by atoms with Gasteiger partial charge in [-0.3, -0.25) is 4.79 Å². The van der Waals surface area contributed by atoms with Gasteiger partial charge in [0, 0.05) is 0 Å². The average Bonchev–Trinajstić information content (AvgIpc) is 2.43. The van der Waals surface area contributed by atoms with Gasteiger partial charge in [0.05, 0.1) is 17.1 Å². The van der Waals surface area contributed by atoms with Crippen molar-refractivity contribution in [2.45, 2.75) is 43.0 Å². The lowest BCUT2D eigenvalue weighted by molar-refractivity contribution is -0.151. The van der Waals surface area contributed by atoms with Crippen LogP contribution in [0.25, 0.3) is 0 Å². The third-order valence-electron chi connectivity index (χ3n) is 4.02. The summed E-state index contributed by atoms with van der Waals surface area (Å²) in [4.78, 5) is 23.4. The molecule has 1 aliphatic rings. The zero-order chi connectivity index (χ0) is 16.4. The number of hydrogen-bond acceptors (Lipinski definition) is 4. The van der Waals surface area contributed by atoms with Crippen molar-refractivity contribution in [1.82, 2.24) is 5.32 Å². The number of hydrogen-bond donors (Lipinski definition) is 2.